The molecule has 7 nitrogen and oxygen atoms in total. The van der Waals surface area contributed by atoms with Gasteiger partial charge >= 0.3 is 5.97 Å². The molecular weight excluding hydrogens is 473 g/mol. The van der Waals surface area contributed by atoms with Crippen molar-refractivity contribution in [2.75, 3.05) is 0 Å². The van der Waals surface area contributed by atoms with Gasteiger partial charge in [-0.15, -0.1) is 5.10 Å². The van der Waals surface area contributed by atoms with E-state index in [4.69, 9.17) is 15.2 Å². The summed E-state index contributed by atoms with van der Waals surface area (Å²) in [4.78, 5) is 15.8. The molecule has 0 radical (unpaired) electrons. The predicted molar refractivity (Wildman–Crippen MR) is 141 cm³/mol. The number of fused-ring (bicyclic) bond motifs is 1. The highest BCUT2D eigenvalue weighted by atomic mass is 19.1. The third kappa shape index (κ3) is 5.76. The van der Waals surface area contributed by atoms with Crippen molar-refractivity contribution < 1.29 is 24.5 Å². The van der Waals surface area contributed by atoms with Gasteiger partial charge < -0.3 is 15.3 Å². The topological polar surface area (TPSA) is 108 Å². The Hall–Kier alpha value is -3.88. The van der Waals surface area contributed by atoms with Crippen LogP contribution in [-0.2, 0) is 4.79 Å². The van der Waals surface area contributed by atoms with Gasteiger partial charge in [-0.1, -0.05) is 56.3 Å². The van der Waals surface area contributed by atoms with Crippen molar-refractivity contribution in [1.82, 2.24) is 14.8 Å². The number of aromatic nitrogens is 3. The van der Waals surface area contributed by atoms with Gasteiger partial charge in [-0.25, -0.2) is 14.1 Å². The smallest absolute Gasteiger partial charge is 0.305 e. The Morgan fingerprint density at radius 1 is 1.08 bits per heavy atom. The number of hydrogen-bond donors (Lipinski definition) is 3. The highest BCUT2D eigenvalue weighted by Gasteiger charge is 2.23. The number of carboxylic acids is 1. The molecule has 2 aromatic heterocycles. The molecular formula is C29H30FN3O4. The van der Waals surface area contributed by atoms with Crippen LogP contribution in [0.2, 0.25) is 0 Å². The van der Waals surface area contributed by atoms with Crippen molar-refractivity contribution in [2.24, 2.45) is 0 Å². The number of carbonyl (C=O) groups is 1. The van der Waals surface area contributed by atoms with Crippen LogP contribution >= 0.6 is 0 Å². The van der Waals surface area contributed by atoms with Gasteiger partial charge in [0.15, 0.2) is 5.65 Å². The average Bonchev–Trinajstić information content (AvgIpc) is 3.18. The van der Waals surface area contributed by atoms with Crippen molar-refractivity contribution in [1.29, 1.82) is 0 Å². The van der Waals surface area contributed by atoms with Gasteiger partial charge in [0.05, 0.1) is 41.1 Å². The van der Waals surface area contributed by atoms with Crippen molar-refractivity contribution >= 4 is 23.1 Å². The number of aliphatic hydroxyl groups is 2. The van der Waals surface area contributed by atoms with E-state index in [-0.39, 0.29) is 18.2 Å². The van der Waals surface area contributed by atoms with Crippen LogP contribution in [0.3, 0.4) is 0 Å². The fourth-order valence-corrected chi connectivity index (χ4v) is 4.49. The van der Waals surface area contributed by atoms with Crippen molar-refractivity contribution in [2.45, 2.75) is 51.7 Å². The van der Waals surface area contributed by atoms with Crippen LogP contribution in [0.25, 0.3) is 33.9 Å². The van der Waals surface area contributed by atoms with Gasteiger partial charge in [-0.3, -0.25) is 4.79 Å². The minimum atomic E-state index is -1.18. The first kappa shape index (κ1) is 26.2. The molecule has 192 valence electrons. The van der Waals surface area contributed by atoms with Gasteiger partial charge in [-0.2, -0.15) is 0 Å². The average molecular weight is 504 g/mol. The van der Waals surface area contributed by atoms with Crippen molar-refractivity contribution in [3.63, 3.8) is 0 Å². The predicted octanol–water partition coefficient (Wildman–Crippen LogP) is 5.26. The Bertz CT molecular complexity index is 1430. The molecule has 0 spiro atoms. The third-order valence-corrected chi connectivity index (χ3v) is 6.21. The zero-order valence-corrected chi connectivity index (χ0v) is 21.0. The molecule has 0 saturated heterocycles. The monoisotopic (exact) mass is 503 g/mol. The Balaban J connectivity index is 1.93. The molecule has 0 amide bonds. The van der Waals surface area contributed by atoms with Crippen molar-refractivity contribution in [3.05, 3.63) is 83.4 Å². The number of aryl methyl sites for hydroxylation is 1. The summed E-state index contributed by atoms with van der Waals surface area (Å²) in [6.07, 6.45) is 0.465. The molecule has 0 aliphatic heterocycles. The van der Waals surface area contributed by atoms with E-state index in [1.807, 2.05) is 55.8 Å². The lowest BCUT2D eigenvalue weighted by Gasteiger charge is -2.17. The van der Waals surface area contributed by atoms with Crippen molar-refractivity contribution in [3.8, 4) is 16.8 Å². The molecule has 0 aliphatic carbocycles. The summed E-state index contributed by atoms with van der Waals surface area (Å²) in [5.74, 6) is -1.49. The summed E-state index contributed by atoms with van der Waals surface area (Å²) in [5.41, 5.74) is 5.37. The van der Waals surface area contributed by atoms with E-state index < -0.39 is 24.6 Å². The quantitative estimate of drug-likeness (QED) is 0.288. The Kier molecular flexibility index (Phi) is 7.80. The molecule has 4 rings (SSSR count). The van der Waals surface area contributed by atoms with Gasteiger partial charge in [0.2, 0.25) is 0 Å². The minimum Gasteiger partial charge on any atom is -0.481 e. The molecule has 4 aromatic rings. The van der Waals surface area contributed by atoms with Crippen LogP contribution in [0.4, 0.5) is 4.39 Å². The number of benzene rings is 2. The summed E-state index contributed by atoms with van der Waals surface area (Å²) < 4.78 is 15.7. The summed E-state index contributed by atoms with van der Waals surface area (Å²) in [6, 6.07) is 15.9. The maximum absolute atomic E-state index is 13.9. The van der Waals surface area contributed by atoms with E-state index in [9.17, 15) is 19.4 Å². The highest BCUT2D eigenvalue weighted by Crippen LogP contribution is 2.38. The molecule has 2 aromatic carbocycles. The SMILES string of the molecule is Cc1c2c(-c3ccc(F)cc3)c(/C=C/[C@@H](O)C[C@@H](O)CC(=O)O)c(C(C)C)nc2nn1-c1ccccc1. The van der Waals surface area contributed by atoms with Crippen LogP contribution in [0.1, 0.15) is 49.6 Å². The fourth-order valence-electron chi connectivity index (χ4n) is 4.49. The Morgan fingerprint density at radius 3 is 2.38 bits per heavy atom. The molecule has 37 heavy (non-hydrogen) atoms. The maximum atomic E-state index is 13.9. The van der Waals surface area contributed by atoms with E-state index in [2.05, 4.69) is 0 Å². The van der Waals surface area contributed by atoms with Crippen LogP contribution in [0.15, 0.2) is 60.7 Å². The number of carboxylic acid groups (broad SMARTS) is 1. The second-order valence-electron chi connectivity index (χ2n) is 9.39. The van der Waals surface area contributed by atoms with E-state index in [0.717, 1.165) is 39.2 Å². The van der Waals surface area contributed by atoms with Gasteiger partial charge in [0, 0.05) is 17.5 Å². The first-order valence-corrected chi connectivity index (χ1v) is 12.2. The number of aliphatic carboxylic acids is 1. The number of rotatable bonds is 9. The number of halogens is 1. The zero-order valence-electron chi connectivity index (χ0n) is 21.0. The van der Waals surface area contributed by atoms with Crippen LogP contribution in [-0.4, -0.2) is 48.3 Å². The molecule has 3 N–H and O–H groups in total. The zero-order chi connectivity index (χ0) is 26.7. The molecule has 8 heteroatoms. The molecule has 0 saturated carbocycles. The fraction of sp³-hybridized carbons (Fsp3) is 0.276. The van der Waals surface area contributed by atoms with Crippen LogP contribution in [0.5, 0.6) is 0 Å². The molecule has 0 aliphatic rings. The normalized spacial score (nSPS) is 13.5. The standard InChI is InChI=1S/C29H30FN3O4/c1-17(2)28-24(14-13-22(34)15-23(35)16-25(36)37)27(19-9-11-20(30)12-10-19)26-18(3)33(32-29(26)31-28)21-7-5-4-6-8-21/h4-14,17,22-23,34-35H,15-16H2,1-3H3,(H,36,37)/b14-13+/t22-,23-/m1/s1. The van der Waals surface area contributed by atoms with E-state index in [0.29, 0.717) is 5.65 Å². The second kappa shape index (κ2) is 11.0. The Labute approximate surface area is 214 Å². The first-order chi connectivity index (χ1) is 17.7. The number of pyridine rings is 1. The molecule has 2 atom stereocenters. The molecule has 0 unspecified atom stereocenters. The number of para-hydroxylation sites is 1. The number of aliphatic hydroxyl groups excluding tert-OH is 2. The van der Waals surface area contributed by atoms with E-state index >= 15 is 0 Å². The van der Waals surface area contributed by atoms with Crippen LogP contribution in [0, 0.1) is 12.7 Å². The minimum absolute atomic E-state index is 0.000160. The Morgan fingerprint density at radius 2 is 1.76 bits per heavy atom. The maximum Gasteiger partial charge on any atom is 0.305 e. The second-order valence-corrected chi connectivity index (χ2v) is 9.39. The first-order valence-electron chi connectivity index (χ1n) is 12.2. The van der Waals surface area contributed by atoms with Crippen LogP contribution < -0.4 is 0 Å². The van der Waals surface area contributed by atoms with Gasteiger partial charge in [0.25, 0.3) is 0 Å². The number of nitrogens with zero attached hydrogens (tertiary/aromatic N) is 3. The third-order valence-electron chi connectivity index (χ3n) is 6.21. The lowest BCUT2D eigenvalue weighted by atomic mass is 9.91. The molecule has 2 heterocycles. The van der Waals surface area contributed by atoms with E-state index in [1.54, 1.807) is 18.2 Å². The summed E-state index contributed by atoms with van der Waals surface area (Å²) >= 11 is 0. The highest BCUT2D eigenvalue weighted by molar-refractivity contribution is 6.00. The molecule has 0 fully saturated rings. The van der Waals surface area contributed by atoms with Gasteiger partial charge in [-0.05, 0) is 42.7 Å². The lowest BCUT2D eigenvalue weighted by molar-refractivity contribution is -0.139. The number of hydrogen-bond acceptors (Lipinski definition) is 5. The summed E-state index contributed by atoms with van der Waals surface area (Å²) in [5, 5.41) is 35.0. The summed E-state index contributed by atoms with van der Waals surface area (Å²) in [6.45, 7) is 5.97. The van der Waals surface area contributed by atoms with E-state index in [1.165, 1.54) is 18.2 Å². The van der Waals surface area contributed by atoms with Gasteiger partial charge in [0.1, 0.15) is 5.82 Å². The lowest BCUT2D eigenvalue weighted by Crippen LogP contribution is -2.19. The summed E-state index contributed by atoms with van der Waals surface area (Å²) in [7, 11) is 0. The largest absolute Gasteiger partial charge is 0.481 e. The molecule has 0 bridgehead atoms.